The number of nitrogens with one attached hydrogen (secondary N) is 1. The Bertz CT molecular complexity index is 1470. The van der Waals surface area contributed by atoms with Gasteiger partial charge in [0.15, 0.2) is 5.82 Å². The molecule has 0 bridgehead atoms. The minimum absolute atomic E-state index is 0.563. The van der Waals surface area contributed by atoms with E-state index in [-0.39, 0.29) is 0 Å². The molecular weight excluding hydrogens is 458 g/mol. The number of aryl methyl sites for hydroxylation is 3. The molecule has 1 aliphatic heterocycles. The van der Waals surface area contributed by atoms with Crippen molar-refractivity contribution in [1.82, 2.24) is 14.8 Å². The van der Waals surface area contributed by atoms with Gasteiger partial charge in [-0.05, 0) is 70.0 Å². The average molecular weight is 486 g/mol. The van der Waals surface area contributed by atoms with Gasteiger partial charge < -0.3 is 10.4 Å². The first-order valence-corrected chi connectivity index (χ1v) is 12.3. The third-order valence-electron chi connectivity index (χ3n) is 6.52. The molecule has 0 spiro atoms. The van der Waals surface area contributed by atoms with Crippen LogP contribution in [0.15, 0.2) is 53.5 Å². The van der Waals surface area contributed by atoms with E-state index in [0.717, 1.165) is 44.6 Å². The molecule has 5 rings (SSSR count). The Kier molecular flexibility index (Phi) is 5.76. The van der Waals surface area contributed by atoms with Gasteiger partial charge in [0.25, 0.3) is 0 Å². The van der Waals surface area contributed by atoms with Crippen LogP contribution in [0.5, 0.6) is 0 Å². The molecule has 0 saturated carbocycles. The zero-order chi connectivity index (χ0) is 24.9. The van der Waals surface area contributed by atoms with Crippen LogP contribution in [0.25, 0.3) is 5.00 Å². The maximum Gasteiger partial charge on any atom is 0.308 e. The molecule has 2 N–H and O–H groups in total. The summed E-state index contributed by atoms with van der Waals surface area (Å²) in [5, 5.41) is 22.9. The lowest BCUT2D eigenvalue weighted by Gasteiger charge is -2.16. The van der Waals surface area contributed by atoms with Crippen LogP contribution in [0.2, 0.25) is 0 Å². The van der Waals surface area contributed by atoms with E-state index in [2.05, 4.69) is 48.4 Å². The number of thiophene rings is 1. The molecule has 4 aromatic rings. The monoisotopic (exact) mass is 485 g/mol. The molecule has 1 unspecified atom stereocenters. The minimum atomic E-state index is -0.916. The molecule has 1 aliphatic rings. The molecule has 0 fully saturated rings. The third-order valence-corrected chi connectivity index (χ3v) is 7.71. The van der Waals surface area contributed by atoms with Crippen LogP contribution in [-0.2, 0) is 4.79 Å². The van der Waals surface area contributed by atoms with Gasteiger partial charge in [0, 0.05) is 27.4 Å². The van der Waals surface area contributed by atoms with E-state index in [0.29, 0.717) is 5.82 Å². The van der Waals surface area contributed by atoms with Gasteiger partial charge in [-0.15, -0.1) is 21.5 Å². The van der Waals surface area contributed by atoms with Crippen LogP contribution < -0.4 is 5.32 Å². The lowest BCUT2D eigenvalue weighted by molar-refractivity contribution is -0.141. The Balaban J connectivity index is 1.63. The molecule has 3 heterocycles. The second-order valence-corrected chi connectivity index (χ2v) is 10.2. The van der Waals surface area contributed by atoms with Gasteiger partial charge in [-0.1, -0.05) is 24.3 Å². The van der Waals surface area contributed by atoms with Gasteiger partial charge in [0.2, 0.25) is 0 Å². The van der Waals surface area contributed by atoms with Crippen LogP contribution in [0.3, 0.4) is 0 Å². The van der Waals surface area contributed by atoms with Crippen LogP contribution >= 0.6 is 11.3 Å². The Morgan fingerprint density at radius 2 is 1.80 bits per heavy atom. The molecule has 7 nitrogen and oxygen atoms in total. The zero-order valence-electron chi connectivity index (χ0n) is 20.3. The van der Waals surface area contributed by atoms with Gasteiger partial charge >= 0.3 is 5.97 Å². The van der Waals surface area contributed by atoms with Crippen LogP contribution in [0.1, 0.15) is 51.7 Å². The number of aliphatic carboxylic acids is 1. The fourth-order valence-electron chi connectivity index (χ4n) is 4.42. The Hall–Kier alpha value is -3.78. The number of aromatic nitrogens is 3. The lowest BCUT2D eigenvalue weighted by atomic mass is 9.98. The fourth-order valence-corrected chi connectivity index (χ4v) is 5.63. The van der Waals surface area contributed by atoms with Crippen molar-refractivity contribution < 1.29 is 9.90 Å². The molecule has 0 radical (unpaired) electrons. The van der Waals surface area contributed by atoms with Crippen LogP contribution in [0.4, 0.5) is 11.4 Å². The second-order valence-electron chi connectivity index (χ2n) is 9.03. The normalized spacial score (nSPS) is 15.6. The minimum Gasteiger partial charge on any atom is -0.481 e. The summed E-state index contributed by atoms with van der Waals surface area (Å²) in [6, 6.07) is 15.7. The number of fused-ring (bicyclic) bond motifs is 3. The number of carbonyl (C=O) groups is 1. The van der Waals surface area contributed by atoms with E-state index in [1.807, 2.05) is 47.9 Å². The van der Waals surface area contributed by atoms with Gasteiger partial charge in [0.1, 0.15) is 16.9 Å². The molecule has 0 saturated heterocycles. The highest BCUT2D eigenvalue weighted by Crippen LogP contribution is 2.40. The number of carboxylic acids is 1. The smallest absolute Gasteiger partial charge is 0.308 e. The number of benzene rings is 2. The van der Waals surface area contributed by atoms with Crippen molar-refractivity contribution >= 4 is 34.4 Å². The molecular formula is C27H27N5O2S. The van der Waals surface area contributed by atoms with Gasteiger partial charge in [-0.3, -0.25) is 14.4 Å². The van der Waals surface area contributed by atoms with E-state index in [1.54, 1.807) is 18.3 Å². The molecule has 8 heteroatoms. The summed E-state index contributed by atoms with van der Waals surface area (Å²) in [6.45, 7) is 9.82. The summed E-state index contributed by atoms with van der Waals surface area (Å²) >= 11 is 1.66. The van der Waals surface area contributed by atoms with E-state index < -0.39 is 17.9 Å². The van der Waals surface area contributed by atoms with E-state index >= 15 is 0 Å². The summed E-state index contributed by atoms with van der Waals surface area (Å²) in [6.07, 6.45) is 0. The maximum absolute atomic E-state index is 12.0. The SMILES string of the molecule is Cc1cccc(Nc2ccc(C3=N[C@@H](C(C)C(=O)O)c4nnc(C)n4-c4sc(C)c(C)c43)cc2)c1. The zero-order valence-corrected chi connectivity index (χ0v) is 21.1. The Labute approximate surface area is 208 Å². The predicted molar refractivity (Wildman–Crippen MR) is 140 cm³/mol. The summed E-state index contributed by atoms with van der Waals surface area (Å²) in [7, 11) is 0. The number of aliphatic imine (C=N–C) groups is 1. The Morgan fingerprint density at radius 3 is 2.49 bits per heavy atom. The molecule has 0 amide bonds. The first-order valence-electron chi connectivity index (χ1n) is 11.5. The van der Waals surface area contributed by atoms with Crippen molar-refractivity contribution in [1.29, 1.82) is 0 Å². The van der Waals surface area contributed by atoms with Crippen molar-refractivity contribution in [3.8, 4) is 5.00 Å². The van der Waals surface area contributed by atoms with Crippen LogP contribution in [0, 0.1) is 33.6 Å². The predicted octanol–water partition coefficient (Wildman–Crippen LogP) is 5.92. The number of carboxylic acid groups (broad SMARTS) is 1. The molecule has 35 heavy (non-hydrogen) atoms. The number of nitrogens with zero attached hydrogens (tertiary/aromatic N) is 4. The van der Waals surface area contributed by atoms with Gasteiger partial charge in [-0.2, -0.15) is 0 Å². The molecule has 2 aromatic heterocycles. The van der Waals surface area contributed by atoms with E-state index in [1.165, 1.54) is 10.4 Å². The van der Waals surface area contributed by atoms with Gasteiger partial charge in [0.05, 0.1) is 11.6 Å². The Morgan fingerprint density at radius 1 is 1.06 bits per heavy atom. The van der Waals surface area contributed by atoms with Crippen molar-refractivity contribution in [2.45, 2.75) is 40.7 Å². The summed E-state index contributed by atoms with van der Waals surface area (Å²) in [5.74, 6) is -0.391. The number of anilines is 2. The van der Waals surface area contributed by atoms with Crippen molar-refractivity contribution in [3.63, 3.8) is 0 Å². The van der Waals surface area contributed by atoms with Crippen molar-refractivity contribution in [2.24, 2.45) is 10.9 Å². The van der Waals surface area contributed by atoms with E-state index in [9.17, 15) is 9.90 Å². The average Bonchev–Trinajstić information content (AvgIpc) is 3.29. The highest BCUT2D eigenvalue weighted by molar-refractivity contribution is 7.15. The fraction of sp³-hybridized carbons (Fsp3) is 0.259. The summed E-state index contributed by atoms with van der Waals surface area (Å²) < 4.78 is 1.98. The summed E-state index contributed by atoms with van der Waals surface area (Å²) in [5.41, 5.74) is 7.05. The first-order chi connectivity index (χ1) is 16.7. The number of hydrogen-bond donors (Lipinski definition) is 2. The topological polar surface area (TPSA) is 92.4 Å². The number of rotatable bonds is 5. The van der Waals surface area contributed by atoms with Crippen molar-refractivity contribution in [2.75, 3.05) is 5.32 Å². The maximum atomic E-state index is 12.0. The highest BCUT2D eigenvalue weighted by Gasteiger charge is 2.36. The molecule has 0 aliphatic carbocycles. The number of hydrogen-bond acceptors (Lipinski definition) is 6. The second kappa shape index (κ2) is 8.78. The van der Waals surface area contributed by atoms with Gasteiger partial charge in [-0.25, -0.2) is 0 Å². The highest BCUT2D eigenvalue weighted by atomic mass is 32.1. The standard InChI is InChI=1S/C27H27N5O2S/c1-14-7-6-8-21(13-14)28-20-11-9-19(10-12-20)24-22-15(2)17(4)35-26(22)32-18(5)30-31-25(32)23(29-24)16(3)27(33)34/h6-13,16,23,28H,1-5H3,(H,33,34)/t16?,23-/m0/s1. The largest absolute Gasteiger partial charge is 0.481 e. The third kappa shape index (κ3) is 4.04. The quantitative estimate of drug-likeness (QED) is 0.366. The van der Waals surface area contributed by atoms with Crippen molar-refractivity contribution in [3.05, 3.63) is 87.3 Å². The summed E-state index contributed by atoms with van der Waals surface area (Å²) in [4.78, 5) is 18.3. The van der Waals surface area contributed by atoms with E-state index in [4.69, 9.17) is 4.99 Å². The molecule has 2 aromatic carbocycles. The first kappa shape index (κ1) is 23.0. The van der Waals surface area contributed by atoms with Crippen LogP contribution in [-0.4, -0.2) is 31.6 Å². The lowest BCUT2D eigenvalue weighted by Crippen LogP contribution is -2.21. The molecule has 2 atom stereocenters. The molecule has 178 valence electrons.